The highest BCUT2D eigenvalue weighted by Gasteiger charge is 2.35. The third-order valence-electron chi connectivity index (χ3n) is 22.5. The first-order valence-corrected chi connectivity index (χ1v) is 44.1. The number of fused-ring (bicyclic) bond motifs is 17. The zero-order chi connectivity index (χ0) is 99.2. The van der Waals surface area contributed by atoms with E-state index in [-0.39, 0.29) is 20.0 Å². The predicted octanol–water partition coefficient (Wildman–Crippen LogP) is 30.3. The number of hydrogen-bond donors (Lipinski definition) is 0. The van der Waals surface area contributed by atoms with Crippen molar-refractivity contribution in [1.29, 1.82) is 0 Å². The molecule has 17 nitrogen and oxygen atoms in total. The average Bonchev–Trinajstić information content (AvgIpc) is 1.58. The second-order valence-corrected chi connectivity index (χ2v) is 30.2. The number of aryl methyl sites for hydroxylation is 5. The summed E-state index contributed by atoms with van der Waals surface area (Å²) in [7, 11) is 0. The van der Waals surface area contributed by atoms with Crippen LogP contribution < -0.4 is 34.3 Å². The number of furan rings is 5. The zero-order valence-corrected chi connectivity index (χ0v) is 76.1. The van der Waals surface area contributed by atoms with Crippen molar-refractivity contribution < 1.29 is 37.2 Å². The summed E-state index contributed by atoms with van der Waals surface area (Å²) in [6.45, 7) is 30.8. The van der Waals surface area contributed by atoms with Crippen LogP contribution >= 0.6 is 0 Å². The van der Waals surface area contributed by atoms with Gasteiger partial charge in [-0.15, -0.1) is 0 Å². The van der Waals surface area contributed by atoms with Crippen LogP contribution in [0.5, 0.6) is 0 Å². The van der Waals surface area contributed by atoms with E-state index < -0.39 is 32.8 Å². The van der Waals surface area contributed by atoms with Crippen molar-refractivity contribution in [2.45, 2.75) is 144 Å². The minimum Gasteiger partial charge on any atom is -0.454 e. The summed E-state index contributed by atoms with van der Waals surface area (Å²) in [6.07, 6.45) is 14.4. The van der Waals surface area contributed by atoms with Crippen LogP contribution in [0.2, 0.25) is 0 Å². The number of benzene rings is 12. The van der Waals surface area contributed by atoms with Gasteiger partial charge in [-0.25, -0.2) is 9.97 Å². The van der Waals surface area contributed by atoms with Gasteiger partial charge in [0.15, 0.2) is 39.6 Å². The van der Waals surface area contributed by atoms with E-state index in [0.717, 1.165) is 183 Å². The second-order valence-electron chi connectivity index (χ2n) is 30.2. The highest BCUT2D eigenvalue weighted by atomic mass is 16.3. The zero-order valence-electron chi connectivity index (χ0n) is 87.1. The Labute approximate surface area is 763 Å². The number of rotatable bonds is 8. The van der Waals surface area contributed by atoms with Crippen molar-refractivity contribution in [3.8, 4) is 0 Å². The molecule has 0 radical (unpaired) electrons. The minimum absolute atomic E-state index is 0.257. The molecule has 6 aromatic heterocycles. The molecule has 11 heterocycles. The van der Waals surface area contributed by atoms with E-state index in [1.807, 2.05) is 306 Å². The molecule has 127 heavy (non-hydrogen) atoms. The van der Waals surface area contributed by atoms with Crippen molar-refractivity contribution in [2.75, 3.05) is 81.6 Å². The molecule has 0 saturated heterocycles. The lowest BCUT2D eigenvalue weighted by atomic mass is 10.1. The molecule has 1 unspecified atom stereocenters. The number of nitrogens with zero attached hydrogens (tertiary/aromatic N) is 12. The molecule has 652 valence electrons. The normalized spacial score (nSPS) is 15.6. The lowest BCUT2D eigenvalue weighted by molar-refractivity contribution is 0.336. The van der Waals surface area contributed by atoms with E-state index >= 15 is 0 Å². The fourth-order valence-electron chi connectivity index (χ4n) is 16.7. The van der Waals surface area contributed by atoms with E-state index in [0.29, 0.717) is 19.0 Å². The van der Waals surface area contributed by atoms with Gasteiger partial charge < -0.3 is 71.1 Å². The summed E-state index contributed by atoms with van der Waals surface area (Å²) in [5.41, 5.74) is 21.5. The van der Waals surface area contributed by atoms with Gasteiger partial charge in [0.1, 0.15) is 34.6 Å². The second kappa shape index (κ2) is 39.8. The molecule has 0 saturated carbocycles. The first kappa shape index (κ1) is 75.5. The summed E-state index contributed by atoms with van der Waals surface area (Å²) >= 11 is 0. The number of anilines is 10. The maximum Gasteiger partial charge on any atom is 0.178 e. The smallest absolute Gasteiger partial charge is 0.178 e. The van der Waals surface area contributed by atoms with Gasteiger partial charge in [0.2, 0.25) is 0 Å². The first-order chi connectivity index (χ1) is 66.4. The van der Waals surface area contributed by atoms with Crippen LogP contribution in [0.25, 0.3) is 110 Å². The molecule has 0 fully saturated rings. The molecule has 5 aliphatic heterocycles. The molecule has 0 spiro atoms. The van der Waals surface area contributed by atoms with Crippen LogP contribution in [0.15, 0.2) is 308 Å². The predicted molar refractivity (Wildman–Crippen MR) is 540 cm³/mol. The van der Waals surface area contributed by atoms with Gasteiger partial charge in [-0.05, 0) is 145 Å². The Morgan fingerprint density at radius 2 is 0.614 bits per heavy atom. The quantitative estimate of drug-likeness (QED) is 0.143. The number of para-hydroxylation sites is 8. The van der Waals surface area contributed by atoms with E-state index in [9.17, 15) is 0 Å². The standard InChI is InChI=1S/C24H18N4O.C21H18N2O.2C19H20N2O.C17H16N2O.5C2H6/c1-16-11-12-19-18-9-5-6-10-20(18)29-22(19)21(16)28-15-27(17-7-3-2-4-8-17)23-24(28)26-14-13-25-23;1-14-11-12-16-15-7-3-6-10-19(15)24-21(16)20(14)23-13-22(2)17-8-4-5-9-18(17)23;2*1-13(2)20-10-11-21(12-20)18-14(3)8-9-16-15-6-4-5-7-17(15)22-19(16)18;1-12-7-8-14-13-5-3-4-6-15(13)20-17(14)16(12)19-10-9-18(2)11-19;5*1-2/h2-14H,15H2,1H3;3-12H,13H2,1-2H3;2*4-11,13H,12H2,1-3H3;3-10H,11H2,1-2H3;5*1-2H3/i;2D3;1D3,13D;13D;2D3;;;;;. The summed E-state index contributed by atoms with van der Waals surface area (Å²) < 4.78 is 117. The Hall–Kier alpha value is -14.1. The van der Waals surface area contributed by atoms with Crippen LogP contribution in [0.4, 0.5) is 57.1 Å². The summed E-state index contributed by atoms with van der Waals surface area (Å²) in [5, 5.41) is 10.8. The Morgan fingerprint density at radius 1 is 0.291 bits per heavy atom. The molecule has 12 aromatic carbocycles. The lowest BCUT2D eigenvalue weighted by Crippen LogP contribution is -2.30. The molecule has 17 heteroatoms. The number of hydrogen-bond acceptors (Lipinski definition) is 17. The summed E-state index contributed by atoms with van der Waals surface area (Å²) in [5.74, 6) is 1.69. The Balaban J connectivity index is 0.000000135. The Kier molecular flexibility index (Phi) is 23.7. The molecule has 0 bridgehead atoms. The fraction of sp³-hybridized carbons (Fsp3) is 0.255. The maximum absolute atomic E-state index is 8.29. The first-order valence-electron chi connectivity index (χ1n) is 49.6. The molecule has 23 rings (SSSR count). The summed E-state index contributed by atoms with van der Waals surface area (Å²) in [4.78, 5) is 28.1. The SMILES string of the molecule is CC.CC.CC.CC.CC.Cc1ccc2c(oc3ccccc32)c1N1CN(c2ccccc2)c2nccnc21.[2H]C(C)(C)N1C=CN(c2c(C)ccc3c2oc2ccccc23)C1.[2H]C([2H])([2H])C([2H])(C)N1C=CN(c2c(C)ccc3c2oc2ccccc23)C1.[2H]C([2H])([2H])N1C=CN(c2c(C)ccc3c2oc2ccccc23)C1.[2H]C([2H])([2H])N1CN(c2c(C)ccc3c2oc2ccccc23)c2ccccc21. The van der Waals surface area contributed by atoms with Crippen molar-refractivity contribution in [3.05, 3.63) is 314 Å². The molecule has 5 aliphatic rings. The van der Waals surface area contributed by atoms with Crippen molar-refractivity contribution >= 4 is 167 Å². The fourth-order valence-corrected chi connectivity index (χ4v) is 16.7. The number of aromatic nitrogens is 2. The van der Waals surface area contributed by atoms with E-state index in [1.165, 1.54) is 27.2 Å². The Morgan fingerprint density at radius 3 is 0.984 bits per heavy atom. The van der Waals surface area contributed by atoms with Gasteiger partial charge in [0.05, 0.1) is 69.2 Å². The van der Waals surface area contributed by atoms with Gasteiger partial charge in [0, 0.05) is 147 Å². The van der Waals surface area contributed by atoms with E-state index in [1.54, 1.807) is 31.0 Å². The largest absolute Gasteiger partial charge is 0.454 e. The third-order valence-corrected chi connectivity index (χ3v) is 22.5. The van der Waals surface area contributed by atoms with Crippen LogP contribution in [0.3, 0.4) is 0 Å². The monoisotopic (exact) mass is 1700 g/mol. The van der Waals surface area contributed by atoms with Gasteiger partial charge in [-0.1, -0.05) is 251 Å². The van der Waals surface area contributed by atoms with Crippen LogP contribution in [0.1, 0.15) is 140 Å². The molecule has 0 aliphatic carbocycles. The van der Waals surface area contributed by atoms with Crippen molar-refractivity contribution in [3.63, 3.8) is 0 Å². The van der Waals surface area contributed by atoms with Gasteiger partial charge in [-0.2, -0.15) is 0 Å². The lowest BCUT2D eigenvalue weighted by Gasteiger charge is -2.25. The minimum atomic E-state index is -2.41. The molecule has 0 N–H and O–H groups in total. The van der Waals surface area contributed by atoms with Crippen LogP contribution in [-0.2, 0) is 0 Å². The van der Waals surface area contributed by atoms with Crippen LogP contribution in [0, 0.1) is 34.6 Å². The van der Waals surface area contributed by atoms with E-state index in [4.69, 9.17) is 37.2 Å². The third kappa shape index (κ3) is 17.4. The van der Waals surface area contributed by atoms with Gasteiger partial charge >= 0.3 is 0 Å². The van der Waals surface area contributed by atoms with Gasteiger partial charge in [-0.3, -0.25) is 0 Å². The molecular weight excluding hydrogens is 1570 g/mol. The Bertz CT molecular complexity index is 7280. The highest BCUT2D eigenvalue weighted by Crippen LogP contribution is 2.50. The molecular formula is C110H122N12O5. The topological polar surface area (TPSA) is 124 Å². The highest BCUT2D eigenvalue weighted by molar-refractivity contribution is 6.15. The average molecular weight is 1700 g/mol. The van der Waals surface area contributed by atoms with Crippen molar-refractivity contribution in [2.24, 2.45) is 0 Å². The van der Waals surface area contributed by atoms with E-state index in [2.05, 4.69) is 111 Å². The maximum atomic E-state index is 8.29. The molecule has 1 atom stereocenters. The molecule has 0 amide bonds. The van der Waals surface area contributed by atoms with Gasteiger partial charge in [0.25, 0.3) is 0 Å². The van der Waals surface area contributed by atoms with Crippen molar-refractivity contribution in [1.82, 2.24) is 24.7 Å². The summed E-state index contributed by atoms with van der Waals surface area (Å²) in [6, 6.07) is 76.6. The molecule has 18 aromatic rings. The van der Waals surface area contributed by atoms with Crippen LogP contribution in [-0.4, -0.2) is 84.0 Å².